The number of nitrogens with zero attached hydrogens (tertiary/aromatic N) is 1. The summed E-state index contributed by atoms with van der Waals surface area (Å²) in [6.45, 7) is 1.45. The fourth-order valence-electron chi connectivity index (χ4n) is 3.72. The molecular weight excluding hydrogens is 503 g/mol. The van der Waals surface area contributed by atoms with Crippen molar-refractivity contribution in [3.63, 3.8) is 0 Å². The standard InChI is InChI=1S/C20H32N4O3S.HI/c21-20(24-17-6-3-1-2-4-7-17)22-14-16-9-11-19(12-10-16)28(25,26)23-15-18-8-5-13-27-18;/h9-12,17-18,23H,1-8,13-15H2,(H3,21,22,24);1H. The molecule has 1 aliphatic heterocycles. The molecule has 2 fully saturated rings. The van der Waals surface area contributed by atoms with E-state index in [1.165, 1.54) is 25.7 Å². The Labute approximate surface area is 191 Å². The predicted molar refractivity (Wildman–Crippen MR) is 126 cm³/mol. The number of hydrogen-bond acceptors (Lipinski definition) is 4. The number of guanidine groups is 1. The van der Waals surface area contributed by atoms with Gasteiger partial charge < -0.3 is 15.8 Å². The normalized spacial score (nSPS) is 21.4. The van der Waals surface area contributed by atoms with Crippen LogP contribution >= 0.6 is 24.0 Å². The number of nitrogens with one attached hydrogen (secondary N) is 2. The van der Waals surface area contributed by atoms with Crippen molar-refractivity contribution in [1.82, 2.24) is 10.0 Å². The van der Waals surface area contributed by atoms with Gasteiger partial charge in [0.25, 0.3) is 0 Å². The molecule has 2 aliphatic rings. The number of aliphatic imine (C=N–C) groups is 1. The SMILES string of the molecule is I.NC(=NCc1ccc(S(=O)(=O)NCC2CCCO2)cc1)NC1CCCCCC1. The van der Waals surface area contributed by atoms with Crippen molar-refractivity contribution in [1.29, 1.82) is 0 Å². The fourth-order valence-corrected chi connectivity index (χ4v) is 4.79. The highest BCUT2D eigenvalue weighted by Gasteiger charge is 2.20. The molecule has 4 N–H and O–H groups in total. The van der Waals surface area contributed by atoms with Crippen LogP contribution in [-0.4, -0.2) is 39.7 Å². The van der Waals surface area contributed by atoms with Crippen LogP contribution < -0.4 is 15.8 Å². The molecule has 0 amide bonds. The number of rotatable bonds is 7. The van der Waals surface area contributed by atoms with Crippen LogP contribution in [0.4, 0.5) is 0 Å². The van der Waals surface area contributed by atoms with Crippen molar-refractivity contribution in [2.24, 2.45) is 10.7 Å². The zero-order chi connectivity index (χ0) is 19.8. The van der Waals surface area contributed by atoms with E-state index in [-0.39, 0.29) is 35.0 Å². The maximum atomic E-state index is 12.4. The molecule has 1 saturated carbocycles. The van der Waals surface area contributed by atoms with Crippen molar-refractivity contribution >= 4 is 40.0 Å². The first-order valence-electron chi connectivity index (χ1n) is 10.3. The minimum atomic E-state index is -3.52. The summed E-state index contributed by atoms with van der Waals surface area (Å²) in [4.78, 5) is 4.65. The third-order valence-electron chi connectivity index (χ3n) is 5.40. The van der Waals surface area contributed by atoms with Crippen molar-refractivity contribution < 1.29 is 13.2 Å². The molecule has 0 spiro atoms. The van der Waals surface area contributed by atoms with Gasteiger partial charge in [0.1, 0.15) is 0 Å². The van der Waals surface area contributed by atoms with Crippen LogP contribution in [0.15, 0.2) is 34.2 Å². The first kappa shape index (κ1) is 24.4. The molecule has 0 aromatic heterocycles. The van der Waals surface area contributed by atoms with E-state index in [1.54, 1.807) is 24.3 Å². The van der Waals surface area contributed by atoms with Crippen molar-refractivity contribution in [3.8, 4) is 0 Å². The molecular formula is C20H33IN4O3S. The molecule has 3 rings (SSSR count). The molecule has 1 aromatic rings. The molecule has 0 radical (unpaired) electrons. The first-order valence-corrected chi connectivity index (χ1v) is 11.8. The van der Waals surface area contributed by atoms with Crippen LogP contribution in [0, 0.1) is 0 Å². The van der Waals surface area contributed by atoms with Gasteiger partial charge in [-0.2, -0.15) is 0 Å². The molecule has 1 aromatic carbocycles. The lowest BCUT2D eigenvalue weighted by atomic mass is 10.1. The van der Waals surface area contributed by atoms with Gasteiger partial charge in [-0.1, -0.05) is 37.8 Å². The Kier molecular flexibility index (Phi) is 10.1. The lowest BCUT2D eigenvalue weighted by Gasteiger charge is -2.16. The molecule has 9 heteroatoms. The highest BCUT2D eigenvalue weighted by atomic mass is 127. The van der Waals surface area contributed by atoms with E-state index >= 15 is 0 Å². The van der Waals surface area contributed by atoms with Crippen molar-refractivity contribution in [3.05, 3.63) is 29.8 Å². The molecule has 1 atom stereocenters. The Hall–Kier alpha value is -0.910. The van der Waals surface area contributed by atoms with Gasteiger partial charge >= 0.3 is 0 Å². The molecule has 7 nitrogen and oxygen atoms in total. The summed E-state index contributed by atoms with van der Waals surface area (Å²) in [6.07, 6.45) is 9.22. The van der Waals surface area contributed by atoms with E-state index in [1.807, 2.05) is 0 Å². The molecule has 1 saturated heterocycles. The Bertz CT molecular complexity index is 741. The van der Waals surface area contributed by atoms with Crippen molar-refractivity contribution in [2.45, 2.75) is 75.0 Å². The number of sulfonamides is 1. The van der Waals surface area contributed by atoms with Gasteiger partial charge in [0.05, 0.1) is 17.5 Å². The third-order valence-corrected chi connectivity index (χ3v) is 6.84. The number of nitrogens with two attached hydrogens (primary N) is 1. The summed E-state index contributed by atoms with van der Waals surface area (Å²) in [5, 5.41) is 3.32. The summed E-state index contributed by atoms with van der Waals surface area (Å²) in [5.74, 6) is 0.460. The smallest absolute Gasteiger partial charge is 0.240 e. The Morgan fingerprint density at radius 2 is 1.76 bits per heavy atom. The van der Waals surface area contributed by atoms with E-state index in [0.717, 1.165) is 31.2 Å². The van der Waals surface area contributed by atoms with E-state index in [9.17, 15) is 8.42 Å². The molecule has 164 valence electrons. The third kappa shape index (κ3) is 8.03. The maximum Gasteiger partial charge on any atom is 0.240 e. The topological polar surface area (TPSA) is 106 Å². The van der Waals surface area contributed by atoms with Crippen molar-refractivity contribution in [2.75, 3.05) is 13.2 Å². The minimum Gasteiger partial charge on any atom is -0.377 e. The minimum absolute atomic E-state index is 0. The van der Waals surface area contributed by atoms with Crippen LogP contribution in [0.2, 0.25) is 0 Å². The second-order valence-electron chi connectivity index (χ2n) is 7.67. The summed E-state index contributed by atoms with van der Waals surface area (Å²) in [5.41, 5.74) is 6.94. The molecule has 29 heavy (non-hydrogen) atoms. The fraction of sp³-hybridized carbons (Fsp3) is 0.650. The Balaban J connectivity index is 0.00000300. The predicted octanol–water partition coefficient (Wildman–Crippen LogP) is 2.89. The molecule has 1 aliphatic carbocycles. The summed E-state index contributed by atoms with van der Waals surface area (Å²) >= 11 is 0. The van der Waals surface area contributed by atoms with Gasteiger partial charge in [-0.05, 0) is 43.4 Å². The van der Waals surface area contributed by atoms with Gasteiger partial charge in [0.2, 0.25) is 10.0 Å². The highest BCUT2D eigenvalue weighted by Crippen LogP contribution is 2.17. The number of benzene rings is 1. The maximum absolute atomic E-state index is 12.4. The highest BCUT2D eigenvalue weighted by molar-refractivity contribution is 14.0. The molecule has 1 heterocycles. The average molecular weight is 536 g/mol. The van der Waals surface area contributed by atoms with E-state index in [0.29, 0.717) is 31.7 Å². The number of halogens is 1. The van der Waals surface area contributed by atoms with Gasteiger partial charge in [-0.25, -0.2) is 18.1 Å². The zero-order valence-electron chi connectivity index (χ0n) is 16.8. The Morgan fingerprint density at radius 3 is 2.38 bits per heavy atom. The second-order valence-corrected chi connectivity index (χ2v) is 9.43. The summed E-state index contributed by atoms with van der Waals surface area (Å²) < 4.78 is 32.9. The largest absolute Gasteiger partial charge is 0.377 e. The summed E-state index contributed by atoms with van der Waals surface area (Å²) in [7, 11) is -3.52. The zero-order valence-corrected chi connectivity index (χ0v) is 20.0. The van der Waals surface area contributed by atoms with Crippen LogP contribution in [0.3, 0.4) is 0 Å². The van der Waals surface area contributed by atoms with Crippen LogP contribution in [0.5, 0.6) is 0 Å². The Morgan fingerprint density at radius 1 is 1.07 bits per heavy atom. The van der Waals surface area contributed by atoms with Gasteiger partial charge in [-0.3, -0.25) is 0 Å². The summed E-state index contributed by atoms with van der Waals surface area (Å²) in [6, 6.07) is 7.19. The molecule has 1 unspecified atom stereocenters. The van der Waals surface area contributed by atoms with Crippen LogP contribution in [0.25, 0.3) is 0 Å². The number of ether oxygens (including phenoxy) is 1. The van der Waals surface area contributed by atoms with E-state index in [2.05, 4.69) is 15.0 Å². The average Bonchev–Trinajstić information content (AvgIpc) is 3.09. The molecule has 0 bridgehead atoms. The van der Waals surface area contributed by atoms with Crippen LogP contribution in [-0.2, 0) is 21.3 Å². The van der Waals surface area contributed by atoms with Gasteiger partial charge in [-0.15, -0.1) is 24.0 Å². The monoisotopic (exact) mass is 536 g/mol. The lowest BCUT2D eigenvalue weighted by molar-refractivity contribution is 0.114. The van der Waals surface area contributed by atoms with Gasteiger partial charge in [0.15, 0.2) is 5.96 Å². The van der Waals surface area contributed by atoms with Crippen LogP contribution in [0.1, 0.15) is 56.9 Å². The number of hydrogen-bond donors (Lipinski definition) is 3. The first-order chi connectivity index (χ1) is 13.5. The second kappa shape index (κ2) is 12.1. The van der Waals surface area contributed by atoms with E-state index in [4.69, 9.17) is 10.5 Å². The lowest BCUT2D eigenvalue weighted by Crippen LogP contribution is -2.39. The van der Waals surface area contributed by atoms with E-state index < -0.39 is 10.0 Å². The van der Waals surface area contributed by atoms with Gasteiger partial charge in [0, 0.05) is 19.2 Å². The quantitative estimate of drug-likeness (QED) is 0.215.